The third-order valence-corrected chi connectivity index (χ3v) is 3.99. The molecule has 1 aromatic rings. The summed E-state index contributed by atoms with van der Waals surface area (Å²) >= 11 is 0. The lowest BCUT2D eigenvalue weighted by Crippen LogP contribution is -2.41. The van der Waals surface area contributed by atoms with Gasteiger partial charge in [-0.3, -0.25) is 0 Å². The molecular weight excluding hydrogens is 251 g/mol. The van der Waals surface area contributed by atoms with Gasteiger partial charge in [-0.2, -0.15) is 0 Å². The van der Waals surface area contributed by atoms with Gasteiger partial charge in [-0.25, -0.2) is 0 Å². The molecule has 110 valence electrons. The predicted molar refractivity (Wildman–Crippen MR) is 82.5 cm³/mol. The van der Waals surface area contributed by atoms with Gasteiger partial charge in [0.05, 0.1) is 17.8 Å². The van der Waals surface area contributed by atoms with Crippen molar-refractivity contribution in [3.05, 3.63) is 24.3 Å². The van der Waals surface area contributed by atoms with Crippen molar-refractivity contribution in [3.63, 3.8) is 0 Å². The fourth-order valence-electron chi connectivity index (χ4n) is 1.96. The predicted octanol–water partition coefficient (Wildman–Crippen LogP) is 3.02. The fraction of sp³-hybridized carbons (Fsp3) is 0.625. The molecule has 1 aliphatic heterocycles. The van der Waals surface area contributed by atoms with Gasteiger partial charge in [0.1, 0.15) is 5.75 Å². The van der Waals surface area contributed by atoms with Gasteiger partial charge in [-0.1, -0.05) is 26.0 Å². The Kier molecular flexibility index (Phi) is 4.17. The first-order valence-electron chi connectivity index (χ1n) is 7.30. The molecule has 0 aliphatic carbocycles. The molecule has 3 nitrogen and oxygen atoms in total. The zero-order valence-electron chi connectivity index (χ0n) is 13.4. The molecule has 4 heteroatoms. The Labute approximate surface area is 122 Å². The van der Waals surface area contributed by atoms with E-state index in [0.29, 0.717) is 5.92 Å². The minimum atomic E-state index is -0.306. The highest BCUT2D eigenvalue weighted by Gasteiger charge is 2.51. The van der Waals surface area contributed by atoms with Crippen molar-refractivity contribution in [2.75, 3.05) is 6.61 Å². The first-order valence-corrected chi connectivity index (χ1v) is 7.30. The maximum Gasteiger partial charge on any atom is 0.494 e. The Morgan fingerprint density at radius 2 is 1.50 bits per heavy atom. The lowest BCUT2D eigenvalue weighted by Gasteiger charge is -2.32. The van der Waals surface area contributed by atoms with Crippen LogP contribution in [0.3, 0.4) is 0 Å². The van der Waals surface area contributed by atoms with Crippen LogP contribution < -0.4 is 10.2 Å². The molecule has 1 heterocycles. The average Bonchev–Trinajstić information content (AvgIpc) is 2.56. The van der Waals surface area contributed by atoms with Crippen LogP contribution in [0.4, 0.5) is 0 Å². The second-order valence-corrected chi connectivity index (χ2v) is 6.86. The Morgan fingerprint density at radius 3 is 1.95 bits per heavy atom. The molecule has 1 fully saturated rings. The quantitative estimate of drug-likeness (QED) is 0.791. The largest absolute Gasteiger partial charge is 0.494 e. The van der Waals surface area contributed by atoms with Gasteiger partial charge in [0, 0.05) is 0 Å². The van der Waals surface area contributed by atoms with E-state index in [1.807, 2.05) is 24.3 Å². The van der Waals surface area contributed by atoms with E-state index < -0.39 is 0 Å². The summed E-state index contributed by atoms with van der Waals surface area (Å²) in [6, 6.07) is 7.97. The summed E-state index contributed by atoms with van der Waals surface area (Å²) in [6.45, 7) is 13.3. The molecule has 0 unspecified atom stereocenters. The molecule has 0 spiro atoms. The summed E-state index contributed by atoms with van der Waals surface area (Å²) in [5.74, 6) is 1.41. The van der Waals surface area contributed by atoms with Gasteiger partial charge in [0.25, 0.3) is 0 Å². The smallest absolute Gasteiger partial charge is 0.493 e. The maximum absolute atomic E-state index is 6.03. The standard InChI is InChI=1S/C16H25BO3/c1-12(2)11-18-14-9-7-13(8-10-14)17-19-15(3,4)16(5,6)20-17/h7-10,12H,11H2,1-6H3. The van der Waals surface area contributed by atoms with E-state index in [4.69, 9.17) is 14.0 Å². The third-order valence-electron chi connectivity index (χ3n) is 3.99. The molecular formula is C16H25BO3. The van der Waals surface area contributed by atoms with E-state index in [2.05, 4.69) is 41.5 Å². The zero-order valence-corrected chi connectivity index (χ0v) is 13.4. The number of hydrogen-bond donors (Lipinski definition) is 0. The Bertz CT molecular complexity index is 435. The number of benzene rings is 1. The van der Waals surface area contributed by atoms with Gasteiger partial charge in [-0.05, 0) is 51.2 Å². The van der Waals surface area contributed by atoms with E-state index in [1.54, 1.807) is 0 Å². The highest BCUT2D eigenvalue weighted by molar-refractivity contribution is 6.62. The van der Waals surface area contributed by atoms with Crippen molar-refractivity contribution >= 4 is 12.6 Å². The van der Waals surface area contributed by atoms with Crippen molar-refractivity contribution in [1.29, 1.82) is 0 Å². The first-order chi connectivity index (χ1) is 9.21. The number of ether oxygens (including phenoxy) is 1. The molecule has 1 aliphatic rings. The Hall–Kier alpha value is -0.995. The molecule has 1 aromatic carbocycles. The second-order valence-electron chi connectivity index (χ2n) is 6.86. The summed E-state index contributed by atoms with van der Waals surface area (Å²) in [6.07, 6.45) is 0. The van der Waals surface area contributed by atoms with Crippen molar-refractivity contribution in [2.45, 2.75) is 52.7 Å². The highest BCUT2D eigenvalue weighted by atomic mass is 16.7. The summed E-state index contributed by atoms with van der Waals surface area (Å²) in [7, 11) is -0.306. The lowest BCUT2D eigenvalue weighted by atomic mass is 9.79. The van der Waals surface area contributed by atoms with Gasteiger partial charge in [0.2, 0.25) is 0 Å². The monoisotopic (exact) mass is 276 g/mol. The number of hydrogen-bond acceptors (Lipinski definition) is 3. The van der Waals surface area contributed by atoms with Gasteiger partial charge in [-0.15, -0.1) is 0 Å². The van der Waals surface area contributed by atoms with Gasteiger partial charge < -0.3 is 14.0 Å². The van der Waals surface area contributed by atoms with Crippen LogP contribution in [-0.4, -0.2) is 24.9 Å². The van der Waals surface area contributed by atoms with Crippen LogP contribution in [0.15, 0.2) is 24.3 Å². The molecule has 0 radical (unpaired) electrons. The molecule has 0 saturated carbocycles. The first kappa shape index (κ1) is 15.4. The minimum absolute atomic E-state index is 0.301. The molecule has 20 heavy (non-hydrogen) atoms. The summed E-state index contributed by atoms with van der Waals surface area (Å²) < 4.78 is 17.7. The van der Waals surface area contributed by atoms with Crippen LogP contribution in [0.25, 0.3) is 0 Å². The van der Waals surface area contributed by atoms with E-state index in [0.717, 1.165) is 17.8 Å². The fourth-order valence-corrected chi connectivity index (χ4v) is 1.96. The van der Waals surface area contributed by atoms with Gasteiger partial charge in [0.15, 0.2) is 0 Å². The molecule has 0 amide bonds. The second kappa shape index (κ2) is 5.42. The van der Waals surface area contributed by atoms with E-state index in [1.165, 1.54) is 0 Å². The van der Waals surface area contributed by atoms with Crippen LogP contribution in [0, 0.1) is 5.92 Å². The van der Waals surface area contributed by atoms with E-state index >= 15 is 0 Å². The molecule has 0 aromatic heterocycles. The highest BCUT2D eigenvalue weighted by Crippen LogP contribution is 2.36. The Morgan fingerprint density at radius 1 is 1.00 bits per heavy atom. The minimum Gasteiger partial charge on any atom is -0.493 e. The molecule has 0 atom stereocenters. The molecule has 0 bridgehead atoms. The van der Waals surface area contributed by atoms with Crippen LogP contribution in [0.5, 0.6) is 5.75 Å². The maximum atomic E-state index is 6.03. The molecule has 0 N–H and O–H groups in total. The van der Waals surface area contributed by atoms with Crippen molar-refractivity contribution in [2.24, 2.45) is 5.92 Å². The summed E-state index contributed by atoms with van der Waals surface area (Å²) in [4.78, 5) is 0. The summed E-state index contributed by atoms with van der Waals surface area (Å²) in [5.41, 5.74) is 0.426. The average molecular weight is 276 g/mol. The van der Waals surface area contributed by atoms with Crippen LogP contribution in [-0.2, 0) is 9.31 Å². The van der Waals surface area contributed by atoms with Crippen LogP contribution in [0.2, 0.25) is 0 Å². The molecule has 2 rings (SSSR count). The zero-order chi connectivity index (χ0) is 15.0. The SMILES string of the molecule is CC(C)COc1ccc(B2OC(C)(C)C(C)(C)O2)cc1. The van der Waals surface area contributed by atoms with E-state index in [9.17, 15) is 0 Å². The summed E-state index contributed by atoms with van der Waals surface area (Å²) in [5, 5.41) is 0. The normalized spacial score (nSPS) is 20.4. The molecule has 1 saturated heterocycles. The number of rotatable bonds is 4. The van der Waals surface area contributed by atoms with Crippen molar-refractivity contribution in [3.8, 4) is 5.75 Å². The van der Waals surface area contributed by atoms with Crippen LogP contribution >= 0.6 is 0 Å². The third kappa shape index (κ3) is 3.18. The lowest BCUT2D eigenvalue weighted by molar-refractivity contribution is 0.00578. The van der Waals surface area contributed by atoms with Crippen molar-refractivity contribution in [1.82, 2.24) is 0 Å². The topological polar surface area (TPSA) is 27.7 Å². The van der Waals surface area contributed by atoms with Gasteiger partial charge >= 0.3 is 7.12 Å². The Balaban J connectivity index is 2.05. The van der Waals surface area contributed by atoms with Crippen molar-refractivity contribution < 1.29 is 14.0 Å². The van der Waals surface area contributed by atoms with Crippen LogP contribution in [0.1, 0.15) is 41.5 Å². The van der Waals surface area contributed by atoms with E-state index in [-0.39, 0.29) is 18.3 Å².